The van der Waals surface area contributed by atoms with Gasteiger partial charge >= 0.3 is 0 Å². The standard InChI is InChI=1S/C23H36N4O/c1-25-14-16-27(17-15-25)23(28)8-5-11-26-12-9-20(10-13-26)24-22-18-21(22)19-6-3-2-4-7-19/h2-4,6-7,20-22,24H,5,8-18H2,1H3/t21-,22+/m0/s1. The Hall–Kier alpha value is -1.43. The van der Waals surface area contributed by atoms with Gasteiger partial charge in [-0.3, -0.25) is 4.79 Å². The van der Waals surface area contributed by atoms with Crippen LogP contribution in [0, 0.1) is 0 Å². The summed E-state index contributed by atoms with van der Waals surface area (Å²) in [6.45, 7) is 7.24. The molecule has 154 valence electrons. The lowest BCUT2D eigenvalue weighted by Crippen LogP contribution is -2.47. The summed E-state index contributed by atoms with van der Waals surface area (Å²) < 4.78 is 0. The van der Waals surface area contributed by atoms with E-state index in [0.29, 0.717) is 24.4 Å². The number of nitrogens with one attached hydrogen (secondary N) is 1. The Morgan fingerprint density at radius 3 is 2.46 bits per heavy atom. The lowest BCUT2D eigenvalue weighted by molar-refractivity contribution is -0.132. The topological polar surface area (TPSA) is 38.8 Å². The van der Waals surface area contributed by atoms with Crippen LogP contribution in [0.1, 0.15) is 43.6 Å². The summed E-state index contributed by atoms with van der Waals surface area (Å²) in [7, 11) is 2.13. The molecule has 0 spiro atoms. The molecule has 3 fully saturated rings. The smallest absolute Gasteiger partial charge is 0.222 e. The van der Waals surface area contributed by atoms with E-state index in [9.17, 15) is 4.79 Å². The van der Waals surface area contributed by atoms with Crippen LogP contribution in [0.3, 0.4) is 0 Å². The number of rotatable bonds is 7. The van der Waals surface area contributed by atoms with Gasteiger partial charge < -0.3 is 20.0 Å². The fourth-order valence-electron chi connectivity index (χ4n) is 4.74. The van der Waals surface area contributed by atoms with Crippen molar-refractivity contribution in [3.8, 4) is 0 Å². The predicted octanol–water partition coefficient (Wildman–Crippen LogP) is 2.15. The fraction of sp³-hybridized carbons (Fsp3) is 0.696. The van der Waals surface area contributed by atoms with E-state index in [1.54, 1.807) is 0 Å². The van der Waals surface area contributed by atoms with Crippen LogP contribution in [0.25, 0.3) is 0 Å². The number of likely N-dealkylation sites (tertiary alicyclic amines) is 1. The maximum absolute atomic E-state index is 12.4. The molecule has 0 bridgehead atoms. The molecule has 4 rings (SSSR count). The maximum atomic E-state index is 12.4. The highest BCUT2D eigenvalue weighted by Gasteiger charge is 2.39. The summed E-state index contributed by atoms with van der Waals surface area (Å²) in [5, 5.41) is 3.89. The quantitative estimate of drug-likeness (QED) is 0.782. The third-order valence-electron chi connectivity index (χ3n) is 6.78. The summed E-state index contributed by atoms with van der Waals surface area (Å²) >= 11 is 0. The molecular formula is C23H36N4O. The first-order chi connectivity index (χ1) is 13.7. The van der Waals surface area contributed by atoms with Crippen molar-refractivity contribution in [1.29, 1.82) is 0 Å². The molecule has 3 aliphatic rings. The van der Waals surface area contributed by atoms with Gasteiger partial charge in [-0.05, 0) is 57.9 Å². The number of benzene rings is 1. The highest BCUT2D eigenvalue weighted by molar-refractivity contribution is 5.76. The van der Waals surface area contributed by atoms with Crippen molar-refractivity contribution in [2.24, 2.45) is 0 Å². The van der Waals surface area contributed by atoms with E-state index in [2.05, 4.69) is 57.4 Å². The summed E-state index contributed by atoms with van der Waals surface area (Å²) in [6, 6.07) is 12.3. The number of hydrogen-bond donors (Lipinski definition) is 1. The normalized spacial score (nSPS) is 27.1. The minimum Gasteiger partial charge on any atom is -0.340 e. The van der Waals surface area contributed by atoms with E-state index < -0.39 is 0 Å². The molecule has 1 aromatic carbocycles. The molecule has 2 heterocycles. The zero-order valence-corrected chi connectivity index (χ0v) is 17.4. The molecule has 2 saturated heterocycles. The van der Waals surface area contributed by atoms with Gasteiger partial charge in [0, 0.05) is 50.6 Å². The molecular weight excluding hydrogens is 348 g/mol. The molecule has 0 aromatic heterocycles. The van der Waals surface area contributed by atoms with Crippen LogP contribution in [0.2, 0.25) is 0 Å². The molecule has 5 nitrogen and oxygen atoms in total. The van der Waals surface area contributed by atoms with E-state index in [-0.39, 0.29) is 0 Å². The summed E-state index contributed by atoms with van der Waals surface area (Å²) in [6.07, 6.45) is 5.48. The van der Waals surface area contributed by atoms with E-state index in [0.717, 1.165) is 45.1 Å². The van der Waals surface area contributed by atoms with Gasteiger partial charge in [0.05, 0.1) is 0 Å². The van der Waals surface area contributed by atoms with Crippen LogP contribution in [0.5, 0.6) is 0 Å². The molecule has 1 saturated carbocycles. The predicted molar refractivity (Wildman–Crippen MR) is 113 cm³/mol. The van der Waals surface area contributed by atoms with Crippen molar-refractivity contribution < 1.29 is 4.79 Å². The lowest BCUT2D eigenvalue weighted by Gasteiger charge is -2.34. The van der Waals surface area contributed by atoms with E-state index >= 15 is 0 Å². The first kappa shape index (κ1) is 19.9. The van der Waals surface area contributed by atoms with Gasteiger partial charge in [-0.2, -0.15) is 0 Å². The third kappa shape index (κ3) is 5.34. The number of carbonyl (C=O) groups is 1. The molecule has 5 heteroatoms. The number of amides is 1. The molecule has 28 heavy (non-hydrogen) atoms. The Labute approximate surface area is 170 Å². The molecule has 0 unspecified atom stereocenters. The van der Waals surface area contributed by atoms with Gasteiger partial charge in [0.15, 0.2) is 0 Å². The second kappa shape index (κ2) is 9.38. The molecule has 2 aliphatic heterocycles. The summed E-state index contributed by atoms with van der Waals surface area (Å²) in [4.78, 5) is 19.3. The third-order valence-corrected chi connectivity index (χ3v) is 6.78. The number of hydrogen-bond acceptors (Lipinski definition) is 4. The molecule has 1 aliphatic carbocycles. The highest BCUT2D eigenvalue weighted by Crippen LogP contribution is 2.41. The average molecular weight is 385 g/mol. The Balaban J connectivity index is 1.09. The number of carbonyl (C=O) groups excluding carboxylic acids is 1. The van der Waals surface area contributed by atoms with Crippen molar-refractivity contribution in [2.75, 3.05) is 52.9 Å². The van der Waals surface area contributed by atoms with Gasteiger partial charge in [0.25, 0.3) is 0 Å². The van der Waals surface area contributed by atoms with Crippen LogP contribution in [0.15, 0.2) is 30.3 Å². The van der Waals surface area contributed by atoms with E-state index in [4.69, 9.17) is 0 Å². The summed E-state index contributed by atoms with van der Waals surface area (Å²) in [5.41, 5.74) is 1.49. The Morgan fingerprint density at radius 2 is 1.75 bits per heavy atom. The second-order valence-corrected chi connectivity index (χ2v) is 8.93. The Morgan fingerprint density at radius 1 is 1.04 bits per heavy atom. The highest BCUT2D eigenvalue weighted by atomic mass is 16.2. The average Bonchev–Trinajstić information content (AvgIpc) is 3.49. The Kier molecular flexibility index (Phi) is 6.65. The van der Waals surface area contributed by atoms with Crippen molar-refractivity contribution >= 4 is 5.91 Å². The lowest BCUT2D eigenvalue weighted by atomic mass is 10.0. The van der Waals surface area contributed by atoms with Gasteiger partial charge in [-0.1, -0.05) is 30.3 Å². The van der Waals surface area contributed by atoms with Crippen molar-refractivity contribution in [2.45, 2.75) is 50.1 Å². The van der Waals surface area contributed by atoms with E-state index in [1.165, 1.54) is 37.9 Å². The molecule has 1 N–H and O–H groups in total. The van der Waals surface area contributed by atoms with Crippen molar-refractivity contribution in [3.05, 3.63) is 35.9 Å². The van der Waals surface area contributed by atoms with Crippen LogP contribution in [-0.4, -0.2) is 85.6 Å². The summed E-state index contributed by atoms with van der Waals surface area (Å²) in [5.74, 6) is 1.07. The largest absolute Gasteiger partial charge is 0.340 e. The zero-order valence-electron chi connectivity index (χ0n) is 17.4. The zero-order chi connectivity index (χ0) is 19.3. The molecule has 2 atom stereocenters. The van der Waals surface area contributed by atoms with Gasteiger partial charge in [0.2, 0.25) is 5.91 Å². The Bertz CT molecular complexity index is 621. The van der Waals surface area contributed by atoms with Crippen molar-refractivity contribution in [1.82, 2.24) is 20.0 Å². The molecule has 1 amide bonds. The number of likely N-dealkylation sites (N-methyl/N-ethyl adjacent to an activating group) is 1. The minimum absolute atomic E-state index is 0.352. The monoisotopic (exact) mass is 384 g/mol. The maximum Gasteiger partial charge on any atom is 0.222 e. The SMILES string of the molecule is CN1CCN(C(=O)CCCN2CCC(N[C@@H]3C[C@H]3c3ccccc3)CC2)CC1. The number of nitrogens with zero attached hydrogens (tertiary/aromatic N) is 3. The van der Waals surface area contributed by atoms with Crippen molar-refractivity contribution in [3.63, 3.8) is 0 Å². The first-order valence-corrected chi connectivity index (χ1v) is 11.2. The first-order valence-electron chi connectivity index (χ1n) is 11.2. The van der Waals surface area contributed by atoms with Crippen LogP contribution < -0.4 is 5.32 Å². The second-order valence-electron chi connectivity index (χ2n) is 8.93. The number of piperidine rings is 1. The van der Waals surface area contributed by atoms with Crippen LogP contribution in [-0.2, 0) is 4.79 Å². The fourth-order valence-corrected chi connectivity index (χ4v) is 4.74. The minimum atomic E-state index is 0.352. The van der Waals surface area contributed by atoms with E-state index in [1.807, 2.05) is 0 Å². The van der Waals surface area contributed by atoms with Crippen LogP contribution >= 0.6 is 0 Å². The molecule has 0 radical (unpaired) electrons. The van der Waals surface area contributed by atoms with Gasteiger partial charge in [-0.25, -0.2) is 0 Å². The van der Waals surface area contributed by atoms with Crippen LogP contribution in [0.4, 0.5) is 0 Å². The number of piperazine rings is 1. The molecule has 1 aromatic rings. The van der Waals surface area contributed by atoms with Gasteiger partial charge in [-0.15, -0.1) is 0 Å². The van der Waals surface area contributed by atoms with Gasteiger partial charge in [0.1, 0.15) is 0 Å².